The number of carbonyl (C=O) groups is 2. The Labute approximate surface area is 106 Å². The van der Waals surface area contributed by atoms with E-state index >= 15 is 0 Å². The summed E-state index contributed by atoms with van der Waals surface area (Å²) in [6, 6.07) is 8.82. The average molecular weight is 250 g/mol. The molecular weight excluding hydrogens is 232 g/mol. The molecule has 0 heterocycles. The number of aldehydes is 1. The zero-order valence-corrected chi connectivity index (χ0v) is 10.2. The summed E-state index contributed by atoms with van der Waals surface area (Å²) < 4.78 is 0. The molecule has 0 aliphatic heterocycles. The van der Waals surface area contributed by atoms with Crippen molar-refractivity contribution in [2.24, 2.45) is 5.73 Å². The molecule has 0 unspecified atom stereocenters. The Bertz CT molecular complexity index is 368. The largest absolute Gasteiger partial charge is 0.369 e. The number of hydrogen-bond donors (Lipinski definition) is 2. The Kier molecular flexibility index (Phi) is 6.68. The molecule has 3 N–H and O–H groups in total. The van der Waals surface area contributed by atoms with Gasteiger partial charge in [-0.1, -0.05) is 30.3 Å². The molecule has 0 fully saturated rings. The van der Waals surface area contributed by atoms with Crippen LogP contribution in [0.4, 0.5) is 0 Å². The van der Waals surface area contributed by atoms with E-state index in [2.05, 4.69) is 5.48 Å². The molecule has 0 bridgehead atoms. The third-order valence-corrected chi connectivity index (χ3v) is 2.37. The van der Waals surface area contributed by atoms with Gasteiger partial charge in [-0.15, -0.1) is 0 Å². The summed E-state index contributed by atoms with van der Waals surface area (Å²) in [5, 5.41) is 0. The highest BCUT2D eigenvalue weighted by molar-refractivity contribution is 5.75. The van der Waals surface area contributed by atoms with E-state index in [0.717, 1.165) is 11.8 Å². The van der Waals surface area contributed by atoms with E-state index in [0.29, 0.717) is 25.8 Å². The zero-order chi connectivity index (χ0) is 13.2. The van der Waals surface area contributed by atoms with Gasteiger partial charge in [0.15, 0.2) is 0 Å². The SMILES string of the molecule is N[C@@H](Cc1ccccc1)C(=O)ONCCCC=O. The fourth-order valence-corrected chi connectivity index (χ4v) is 1.41. The van der Waals surface area contributed by atoms with Crippen LogP contribution in [0.3, 0.4) is 0 Å². The van der Waals surface area contributed by atoms with Gasteiger partial charge in [0.1, 0.15) is 12.3 Å². The Morgan fingerprint density at radius 2 is 2.11 bits per heavy atom. The van der Waals surface area contributed by atoms with E-state index in [4.69, 9.17) is 10.6 Å². The molecule has 1 aromatic carbocycles. The highest BCUT2D eigenvalue weighted by Crippen LogP contribution is 2.02. The van der Waals surface area contributed by atoms with Gasteiger partial charge in [-0.25, -0.2) is 4.79 Å². The number of carbonyl (C=O) groups excluding carboxylic acids is 2. The lowest BCUT2D eigenvalue weighted by Crippen LogP contribution is -2.37. The monoisotopic (exact) mass is 250 g/mol. The van der Waals surface area contributed by atoms with Gasteiger partial charge < -0.3 is 15.4 Å². The molecule has 0 saturated carbocycles. The highest BCUT2D eigenvalue weighted by Gasteiger charge is 2.15. The number of nitrogens with two attached hydrogens (primary N) is 1. The Morgan fingerprint density at radius 1 is 1.39 bits per heavy atom. The van der Waals surface area contributed by atoms with E-state index in [1.165, 1.54) is 0 Å². The topological polar surface area (TPSA) is 81.4 Å². The van der Waals surface area contributed by atoms with Crippen LogP contribution in [0.1, 0.15) is 18.4 Å². The van der Waals surface area contributed by atoms with Gasteiger partial charge in [0, 0.05) is 13.0 Å². The molecule has 0 radical (unpaired) electrons. The van der Waals surface area contributed by atoms with Crippen molar-refractivity contribution in [1.29, 1.82) is 0 Å². The first-order valence-corrected chi connectivity index (χ1v) is 5.90. The van der Waals surface area contributed by atoms with Crippen molar-refractivity contribution in [3.8, 4) is 0 Å². The fraction of sp³-hybridized carbons (Fsp3) is 0.385. The molecule has 0 aliphatic rings. The van der Waals surface area contributed by atoms with Crippen molar-refractivity contribution in [1.82, 2.24) is 5.48 Å². The first kappa shape index (κ1) is 14.3. The third-order valence-electron chi connectivity index (χ3n) is 2.37. The quantitative estimate of drug-likeness (QED) is 0.401. The first-order chi connectivity index (χ1) is 8.74. The van der Waals surface area contributed by atoms with Crippen LogP contribution in [0.2, 0.25) is 0 Å². The van der Waals surface area contributed by atoms with Crippen molar-refractivity contribution in [2.45, 2.75) is 25.3 Å². The predicted molar refractivity (Wildman–Crippen MR) is 67.5 cm³/mol. The Hall–Kier alpha value is -1.72. The predicted octanol–water partition coefficient (Wildman–Crippen LogP) is 0.583. The third kappa shape index (κ3) is 5.56. The van der Waals surface area contributed by atoms with Gasteiger partial charge in [-0.05, 0) is 18.4 Å². The van der Waals surface area contributed by atoms with E-state index < -0.39 is 12.0 Å². The lowest BCUT2D eigenvalue weighted by atomic mass is 10.1. The van der Waals surface area contributed by atoms with Crippen LogP contribution >= 0.6 is 0 Å². The summed E-state index contributed by atoms with van der Waals surface area (Å²) in [6.07, 6.45) is 2.34. The summed E-state index contributed by atoms with van der Waals surface area (Å²) in [5.74, 6) is -0.495. The molecular formula is C13H18N2O3. The van der Waals surface area contributed by atoms with Crippen LogP contribution in [0.5, 0.6) is 0 Å². The van der Waals surface area contributed by atoms with Crippen molar-refractivity contribution >= 4 is 12.3 Å². The van der Waals surface area contributed by atoms with Crippen molar-refractivity contribution < 1.29 is 14.4 Å². The molecule has 0 aromatic heterocycles. The van der Waals surface area contributed by atoms with Gasteiger partial charge in [0.25, 0.3) is 0 Å². The standard InChI is InChI=1S/C13H18N2O3/c14-12(10-11-6-2-1-3-7-11)13(17)18-15-8-4-5-9-16/h1-3,6-7,9,12,15H,4-5,8,10,14H2/t12-/m0/s1. The smallest absolute Gasteiger partial charge is 0.341 e. The molecule has 0 saturated heterocycles. The average Bonchev–Trinajstić information content (AvgIpc) is 2.39. The molecule has 0 amide bonds. The van der Waals surface area contributed by atoms with Crippen molar-refractivity contribution in [3.63, 3.8) is 0 Å². The number of hydroxylamine groups is 1. The summed E-state index contributed by atoms with van der Waals surface area (Å²) in [6.45, 7) is 0.447. The molecule has 0 spiro atoms. The molecule has 18 heavy (non-hydrogen) atoms. The number of benzene rings is 1. The molecule has 1 atom stereocenters. The van der Waals surface area contributed by atoms with Crippen molar-refractivity contribution in [3.05, 3.63) is 35.9 Å². The van der Waals surface area contributed by atoms with Gasteiger partial charge >= 0.3 is 5.97 Å². The highest BCUT2D eigenvalue weighted by atomic mass is 16.7. The number of rotatable bonds is 8. The van der Waals surface area contributed by atoms with E-state index in [1.54, 1.807) is 0 Å². The second-order valence-corrected chi connectivity index (χ2v) is 3.92. The lowest BCUT2D eigenvalue weighted by Gasteiger charge is -2.11. The molecule has 98 valence electrons. The van der Waals surface area contributed by atoms with Crippen LogP contribution in [-0.2, 0) is 20.8 Å². The molecule has 0 aliphatic carbocycles. The van der Waals surface area contributed by atoms with Crippen LogP contribution in [0, 0.1) is 0 Å². The van der Waals surface area contributed by atoms with Gasteiger partial charge in [-0.2, -0.15) is 5.48 Å². The summed E-state index contributed by atoms with van der Waals surface area (Å²) in [5.41, 5.74) is 9.21. The maximum Gasteiger partial charge on any atom is 0.341 e. The first-order valence-electron chi connectivity index (χ1n) is 5.90. The van der Waals surface area contributed by atoms with E-state index in [1.807, 2.05) is 30.3 Å². The molecule has 1 aromatic rings. The number of hydrogen-bond acceptors (Lipinski definition) is 5. The maximum atomic E-state index is 11.5. The lowest BCUT2D eigenvalue weighted by molar-refractivity contribution is -0.152. The molecule has 1 rings (SSSR count). The summed E-state index contributed by atoms with van der Waals surface area (Å²) >= 11 is 0. The van der Waals surface area contributed by atoms with Crippen LogP contribution in [0.25, 0.3) is 0 Å². The van der Waals surface area contributed by atoms with Crippen LogP contribution in [0.15, 0.2) is 30.3 Å². The second kappa shape index (κ2) is 8.38. The Balaban J connectivity index is 2.23. The summed E-state index contributed by atoms with van der Waals surface area (Å²) in [4.78, 5) is 26.4. The minimum absolute atomic E-state index is 0.440. The van der Waals surface area contributed by atoms with Crippen molar-refractivity contribution in [2.75, 3.05) is 6.54 Å². The second-order valence-electron chi connectivity index (χ2n) is 3.92. The minimum Gasteiger partial charge on any atom is -0.369 e. The Morgan fingerprint density at radius 3 is 2.78 bits per heavy atom. The maximum absolute atomic E-state index is 11.5. The normalized spacial score (nSPS) is 11.8. The fourth-order valence-electron chi connectivity index (χ4n) is 1.41. The van der Waals surface area contributed by atoms with Gasteiger partial charge in [0.2, 0.25) is 0 Å². The van der Waals surface area contributed by atoms with Gasteiger partial charge in [-0.3, -0.25) is 0 Å². The number of unbranched alkanes of at least 4 members (excludes halogenated alkanes) is 1. The molecule has 5 nitrogen and oxygen atoms in total. The van der Waals surface area contributed by atoms with Crippen LogP contribution in [-0.4, -0.2) is 24.8 Å². The molecule has 5 heteroatoms. The summed E-state index contributed by atoms with van der Waals surface area (Å²) in [7, 11) is 0. The van der Waals surface area contributed by atoms with Gasteiger partial charge in [0.05, 0.1) is 0 Å². The number of nitrogens with one attached hydrogen (secondary N) is 1. The minimum atomic E-state index is -0.689. The van der Waals surface area contributed by atoms with E-state index in [9.17, 15) is 9.59 Å². The van der Waals surface area contributed by atoms with Crippen LogP contribution < -0.4 is 11.2 Å². The zero-order valence-electron chi connectivity index (χ0n) is 10.2. The van der Waals surface area contributed by atoms with E-state index in [-0.39, 0.29) is 0 Å².